The maximum atomic E-state index is 11.7. The third-order valence-corrected chi connectivity index (χ3v) is 3.51. The van der Waals surface area contributed by atoms with Crippen LogP contribution in [0.2, 0.25) is 0 Å². The molecule has 2 aliphatic rings. The molecule has 0 unspecified atom stereocenters. The molecular formula is C12H17N5O2. The fourth-order valence-corrected chi connectivity index (χ4v) is 1.98. The Morgan fingerprint density at radius 2 is 2.11 bits per heavy atom. The molecular weight excluding hydrogens is 246 g/mol. The molecule has 7 nitrogen and oxygen atoms in total. The molecule has 7 heteroatoms. The second kappa shape index (κ2) is 4.99. The van der Waals surface area contributed by atoms with Gasteiger partial charge >= 0.3 is 0 Å². The van der Waals surface area contributed by atoms with Crippen molar-refractivity contribution in [2.45, 2.75) is 44.7 Å². The highest BCUT2D eigenvalue weighted by atomic mass is 16.2. The van der Waals surface area contributed by atoms with Crippen molar-refractivity contribution in [2.75, 3.05) is 5.32 Å². The minimum absolute atomic E-state index is 0.000678. The highest BCUT2D eigenvalue weighted by Gasteiger charge is 2.26. The van der Waals surface area contributed by atoms with E-state index in [0.29, 0.717) is 11.9 Å². The van der Waals surface area contributed by atoms with Gasteiger partial charge in [-0.15, -0.1) is 5.10 Å². The second-order valence-corrected chi connectivity index (χ2v) is 5.26. The Labute approximate surface area is 110 Å². The summed E-state index contributed by atoms with van der Waals surface area (Å²) >= 11 is 0. The van der Waals surface area contributed by atoms with E-state index in [-0.39, 0.29) is 24.3 Å². The van der Waals surface area contributed by atoms with Crippen LogP contribution >= 0.6 is 0 Å². The predicted molar refractivity (Wildman–Crippen MR) is 67.2 cm³/mol. The SMILES string of the molecule is O=C(Cn1cc(NC(=O)C2CCC2)nn1)NC1CC1. The van der Waals surface area contributed by atoms with Crippen molar-refractivity contribution in [2.24, 2.45) is 5.92 Å². The minimum Gasteiger partial charge on any atom is -0.352 e. The lowest BCUT2D eigenvalue weighted by Gasteiger charge is -2.23. The highest BCUT2D eigenvalue weighted by molar-refractivity contribution is 5.92. The summed E-state index contributed by atoms with van der Waals surface area (Å²) in [5, 5.41) is 13.3. The molecule has 2 amide bonds. The molecule has 3 rings (SSSR count). The molecule has 102 valence electrons. The fraction of sp³-hybridized carbons (Fsp3) is 0.667. The average molecular weight is 263 g/mol. The number of carbonyl (C=O) groups excluding carboxylic acids is 2. The maximum absolute atomic E-state index is 11.7. The molecule has 2 fully saturated rings. The van der Waals surface area contributed by atoms with Crippen LogP contribution in [-0.4, -0.2) is 32.9 Å². The van der Waals surface area contributed by atoms with Gasteiger partial charge < -0.3 is 10.6 Å². The molecule has 2 aliphatic carbocycles. The summed E-state index contributed by atoms with van der Waals surface area (Å²) in [6.07, 6.45) is 6.72. The smallest absolute Gasteiger partial charge is 0.242 e. The first-order chi connectivity index (χ1) is 9.20. The number of anilines is 1. The number of hydrogen-bond donors (Lipinski definition) is 2. The highest BCUT2D eigenvalue weighted by Crippen LogP contribution is 2.27. The first-order valence-electron chi connectivity index (χ1n) is 6.71. The van der Waals surface area contributed by atoms with E-state index in [9.17, 15) is 9.59 Å². The van der Waals surface area contributed by atoms with Crippen molar-refractivity contribution in [1.29, 1.82) is 0 Å². The van der Waals surface area contributed by atoms with Crippen molar-refractivity contribution >= 4 is 17.6 Å². The molecule has 0 atom stereocenters. The number of nitrogens with zero attached hydrogens (tertiary/aromatic N) is 3. The van der Waals surface area contributed by atoms with Gasteiger partial charge in [0.25, 0.3) is 0 Å². The molecule has 19 heavy (non-hydrogen) atoms. The van der Waals surface area contributed by atoms with Gasteiger partial charge in [-0.3, -0.25) is 9.59 Å². The third-order valence-electron chi connectivity index (χ3n) is 3.51. The summed E-state index contributed by atoms with van der Waals surface area (Å²) in [4.78, 5) is 23.3. The molecule has 1 heterocycles. The third kappa shape index (κ3) is 3.10. The van der Waals surface area contributed by atoms with Crippen molar-refractivity contribution in [1.82, 2.24) is 20.3 Å². The standard InChI is InChI=1S/C12H17N5O2/c18-11(13-9-4-5-9)7-17-6-10(15-16-17)14-12(19)8-2-1-3-8/h6,8-9H,1-5,7H2,(H,13,18)(H,14,19). The van der Waals surface area contributed by atoms with E-state index in [2.05, 4.69) is 20.9 Å². The molecule has 2 N–H and O–H groups in total. The molecule has 2 saturated carbocycles. The Morgan fingerprint density at radius 1 is 1.32 bits per heavy atom. The summed E-state index contributed by atoms with van der Waals surface area (Å²) in [6, 6.07) is 0.341. The lowest BCUT2D eigenvalue weighted by molar-refractivity contribution is -0.122. The van der Waals surface area contributed by atoms with Crippen molar-refractivity contribution < 1.29 is 9.59 Å². The van der Waals surface area contributed by atoms with Gasteiger partial charge in [-0.1, -0.05) is 11.6 Å². The second-order valence-electron chi connectivity index (χ2n) is 5.26. The molecule has 0 aromatic carbocycles. The van der Waals surface area contributed by atoms with Gasteiger partial charge in [0.2, 0.25) is 11.8 Å². The summed E-state index contributed by atoms with van der Waals surface area (Å²) < 4.78 is 1.44. The zero-order valence-electron chi connectivity index (χ0n) is 10.6. The van der Waals surface area contributed by atoms with Crippen LogP contribution in [0, 0.1) is 5.92 Å². The van der Waals surface area contributed by atoms with E-state index in [1.54, 1.807) is 6.20 Å². The monoisotopic (exact) mass is 263 g/mol. The summed E-state index contributed by atoms with van der Waals surface area (Å²) in [5.41, 5.74) is 0. The van der Waals surface area contributed by atoms with Crippen molar-refractivity contribution in [3.63, 3.8) is 0 Å². The Balaban J connectivity index is 1.50. The van der Waals surface area contributed by atoms with E-state index in [1.807, 2.05) is 0 Å². The zero-order valence-corrected chi connectivity index (χ0v) is 10.6. The number of nitrogens with one attached hydrogen (secondary N) is 2. The molecule has 1 aromatic heterocycles. The molecule has 0 saturated heterocycles. The Hall–Kier alpha value is -1.92. The van der Waals surface area contributed by atoms with E-state index < -0.39 is 0 Å². The summed E-state index contributed by atoms with van der Waals surface area (Å²) in [6.45, 7) is 0.142. The zero-order chi connectivity index (χ0) is 13.2. The van der Waals surface area contributed by atoms with Crippen LogP contribution in [0.4, 0.5) is 5.82 Å². The van der Waals surface area contributed by atoms with Gasteiger partial charge in [0.1, 0.15) is 6.54 Å². The van der Waals surface area contributed by atoms with Crippen LogP contribution in [-0.2, 0) is 16.1 Å². The lowest BCUT2D eigenvalue weighted by Crippen LogP contribution is -2.29. The Kier molecular flexibility index (Phi) is 3.18. The molecule has 0 bridgehead atoms. The van der Waals surface area contributed by atoms with Crippen LogP contribution in [0.25, 0.3) is 0 Å². The van der Waals surface area contributed by atoms with Gasteiger partial charge in [0.15, 0.2) is 5.82 Å². The summed E-state index contributed by atoms with van der Waals surface area (Å²) in [5.74, 6) is 0.462. The lowest BCUT2D eigenvalue weighted by atomic mass is 9.85. The number of amides is 2. The van der Waals surface area contributed by atoms with E-state index >= 15 is 0 Å². The Morgan fingerprint density at radius 3 is 2.74 bits per heavy atom. The van der Waals surface area contributed by atoms with Gasteiger partial charge in [-0.25, -0.2) is 4.68 Å². The van der Waals surface area contributed by atoms with Crippen LogP contribution in [0.5, 0.6) is 0 Å². The number of hydrogen-bond acceptors (Lipinski definition) is 4. The molecule has 0 aliphatic heterocycles. The molecule has 0 spiro atoms. The van der Waals surface area contributed by atoms with Gasteiger partial charge in [0.05, 0.1) is 6.20 Å². The van der Waals surface area contributed by atoms with Crippen LogP contribution in [0.3, 0.4) is 0 Å². The average Bonchev–Trinajstić information content (AvgIpc) is 2.97. The first kappa shape index (κ1) is 12.1. The van der Waals surface area contributed by atoms with E-state index in [1.165, 1.54) is 4.68 Å². The predicted octanol–water partition coefficient (Wildman–Crippen LogP) is 0.295. The van der Waals surface area contributed by atoms with Crippen LogP contribution in [0.1, 0.15) is 32.1 Å². The van der Waals surface area contributed by atoms with Gasteiger partial charge in [0, 0.05) is 12.0 Å². The fourth-order valence-electron chi connectivity index (χ4n) is 1.98. The van der Waals surface area contributed by atoms with E-state index in [4.69, 9.17) is 0 Å². The minimum atomic E-state index is -0.0655. The quantitative estimate of drug-likeness (QED) is 0.799. The normalized spacial score (nSPS) is 18.7. The molecule has 0 radical (unpaired) electrons. The number of rotatable bonds is 5. The number of aromatic nitrogens is 3. The number of carbonyl (C=O) groups is 2. The largest absolute Gasteiger partial charge is 0.352 e. The van der Waals surface area contributed by atoms with Crippen molar-refractivity contribution in [3.05, 3.63) is 6.20 Å². The molecule has 1 aromatic rings. The topological polar surface area (TPSA) is 88.9 Å². The van der Waals surface area contributed by atoms with E-state index in [0.717, 1.165) is 32.1 Å². The van der Waals surface area contributed by atoms with Crippen LogP contribution < -0.4 is 10.6 Å². The maximum Gasteiger partial charge on any atom is 0.242 e. The Bertz CT molecular complexity index is 490. The van der Waals surface area contributed by atoms with Crippen molar-refractivity contribution in [3.8, 4) is 0 Å². The first-order valence-corrected chi connectivity index (χ1v) is 6.71. The van der Waals surface area contributed by atoms with Gasteiger partial charge in [-0.05, 0) is 25.7 Å². The van der Waals surface area contributed by atoms with Gasteiger partial charge in [-0.2, -0.15) is 0 Å². The van der Waals surface area contributed by atoms with Crippen LogP contribution in [0.15, 0.2) is 6.20 Å². The summed E-state index contributed by atoms with van der Waals surface area (Å²) in [7, 11) is 0.